The predicted octanol–water partition coefficient (Wildman–Crippen LogP) is 17.8. The smallest absolute Gasteiger partial charge is 0.462 e. The molecule has 0 aliphatic rings. The number of aliphatic hydroxyl groups excluding tert-OH is 1. The average Bonchev–Trinajstić information content (AvgIpc) is 3.49. The normalized spacial score (nSPS) is 14.4. The highest BCUT2D eigenvalue weighted by atomic mass is 31.2. The molecule has 17 nitrogen and oxygen atoms in total. The van der Waals surface area contributed by atoms with Gasteiger partial charge in [0.15, 0.2) is 12.2 Å². The van der Waals surface area contributed by atoms with Gasteiger partial charge in [0.05, 0.1) is 26.4 Å². The Morgan fingerprint density at radius 2 is 0.500 bits per heavy atom. The molecule has 0 radical (unpaired) electrons. The van der Waals surface area contributed by atoms with Crippen LogP contribution in [-0.4, -0.2) is 96.7 Å². The zero-order valence-electron chi connectivity index (χ0n) is 54.5. The van der Waals surface area contributed by atoms with Gasteiger partial charge in [-0.3, -0.25) is 37.3 Å². The Kier molecular flexibility index (Phi) is 53.9. The zero-order chi connectivity index (χ0) is 62.5. The van der Waals surface area contributed by atoms with Crippen molar-refractivity contribution in [2.45, 2.75) is 331 Å². The highest BCUT2D eigenvalue weighted by Crippen LogP contribution is 2.45. The van der Waals surface area contributed by atoms with E-state index in [4.69, 9.17) is 37.0 Å². The van der Waals surface area contributed by atoms with Crippen LogP contribution in [0.2, 0.25) is 0 Å². The summed E-state index contributed by atoms with van der Waals surface area (Å²) in [4.78, 5) is 72.3. The van der Waals surface area contributed by atoms with Gasteiger partial charge in [0, 0.05) is 25.7 Å². The number of ether oxygens (including phenoxy) is 4. The number of phosphoric acid groups is 2. The Bertz CT molecular complexity index is 1680. The molecular weight excluding hydrogens is 1110 g/mol. The SMILES string of the molecule is CC(C)CCCCCCCCCCCC(=O)O[C@H](COC(=O)CCCCCCCCCCC(C)C)COP(=O)(O)OCC(O)COP(=O)(O)OC[C@@H](COC(=O)CCCCCCCCCC(C)C)OC(=O)CCCCCCCCCCC(C)C. The number of esters is 4. The highest BCUT2D eigenvalue weighted by Gasteiger charge is 2.30. The van der Waals surface area contributed by atoms with Crippen LogP contribution < -0.4 is 0 Å². The van der Waals surface area contributed by atoms with E-state index in [0.29, 0.717) is 31.6 Å². The van der Waals surface area contributed by atoms with Gasteiger partial charge in [0.25, 0.3) is 0 Å². The van der Waals surface area contributed by atoms with Crippen LogP contribution in [0.4, 0.5) is 0 Å². The standard InChI is InChI=1S/C65H126O17P2/c1-55(2)41-33-25-17-10-9-11-22-31-39-47-64(69)81-60(51-75-62(67)45-37-29-21-14-12-18-26-34-42-56(3)4)53-79-83(71,72)77-49-59(66)50-78-84(73,74)80-54-61(52-76-63(68)46-38-30-24-16-20-28-36-44-58(7)8)82-65(70)48-40-32-23-15-13-19-27-35-43-57(5)6/h55-61,66H,9-54H2,1-8H3,(H,71,72)(H,73,74)/t59?,60-,61-/m1/s1. The van der Waals surface area contributed by atoms with Crippen molar-refractivity contribution < 1.29 is 80.2 Å². The highest BCUT2D eigenvalue weighted by molar-refractivity contribution is 7.47. The van der Waals surface area contributed by atoms with Gasteiger partial charge in [-0.2, -0.15) is 0 Å². The van der Waals surface area contributed by atoms with E-state index in [2.05, 4.69) is 55.4 Å². The fraction of sp³-hybridized carbons (Fsp3) is 0.938. The summed E-state index contributed by atoms with van der Waals surface area (Å²) < 4.78 is 68.0. The largest absolute Gasteiger partial charge is 0.472 e. The monoisotopic (exact) mass is 1240 g/mol. The number of aliphatic hydroxyl groups is 1. The summed E-state index contributed by atoms with van der Waals surface area (Å²) in [5.41, 5.74) is 0. The van der Waals surface area contributed by atoms with Crippen LogP contribution in [0.3, 0.4) is 0 Å². The van der Waals surface area contributed by atoms with Gasteiger partial charge in [0.2, 0.25) is 0 Å². The maximum atomic E-state index is 13.0. The molecule has 0 fully saturated rings. The molecule has 0 bridgehead atoms. The third-order valence-corrected chi connectivity index (χ3v) is 16.7. The second kappa shape index (κ2) is 55.2. The number of hydrogen-bond acceptors (Lipinski definition) is 15. The minimum Gasteiger partial charge on any atom is -0.462 e. The molecule has 0 saturated heterocycles. The summed E-state index contributed by atoms with van der Waals surface area (Å²) in [5.74, 6) is 0.747. The lowest BCUT2D eigenvalue weighted by atomic mass is 10.0. The van der Waals surface area contributed by atoms with Crippen molar-refractivity contribution in [2.75, 3.05) is 39.6 Å². The molecule has 5 atom stereocenters. The van der Waals surface area contributed by atoms with Gasteiger partial charge in [-0.05, 0) is 49.4 Å². The second-order valence-electron chi connectivity index (χ2n) is 25.4. The Labute approximate surface area is 511 Å². The summed E-state index contributed by atoms with van der Waals surface area (Å²) in [5, 5.41) is 10.5. The summed E-state index contributed by atoms with van der Waals surface area (Å²) in [6, 6.07) is 0. The predicted molar refractivity (Wildman–Crippen MR) is 335 cm³/mol. The first-order valence-corrected chi connectivity index (χ1v) is 36.7. The topological polar surface area (TPSA) is 237 Å². The van der Waals surface area contributed by atoms with E-state index in [1.165, 1.54) is 109 Å². The molecule has 0 aliphatic carbocycles. The number of phosphoric ester groups is 2. The van der Waals surface area contributed by atoms with E-state index in [-0.39, 0.29) is 25.7 Å². The van der Waals surface area contributed by atoms with Crippen LogP contribution in [-0.2, 0) is 65.4 Å². The van der Waals surface area contributed by atoms with Crippen molar-refractivity contribution in [3.63, 3.8) is 0 Å². The molecule has 0 rings (SSSR count). The van der Waals surface area contributed by atoms with Gasteiger partial charge in [0.1, 0.15) is 19.3 Å². The molecule has 0 aromatic carbocycles. The Morgan fingerprint density at radius 1 is 0.298 bits per heavy atom. The third kappa shape index (κ3) is 59.0. The quantitative estimate of drug-likeness (QED) is 0.0222. The van der Waals surface area contributed by atoms with E-state index in [0.717, 1.165) is 114 Å². The minimum absolute atomic E-state index is 0.103. The Balaban J connectivity index is 5.26. The second-order valence-corrected chi connectivity index (χ2v) is 28.3. The van der Waals surface area contributed by atoms with Crippen LogP contribution in [0.15, 0.2) is 0 Å². The number of rotatable bonds is 62. The molecule has 3 unspecified atom stereocenters. The first-order chi connectivity index (χ1) is 40.1. The van der Waals surface area contributed by atoms with Gasteiger partial charge >= 0.3 is 39.5 Å². The van der Waals surface area contributed by atoms with Crippen LogP contribution in [0, 0.1) is 23.7 Å². The van der Waals surface area contributed by atoms with E-state index >= 15 is 0 Å². The molecule has 0 spiro atoms. The summed E-state index contributed by atoms with van der Waals surface area (Å²) >= 11 is 0. The number of carbonyl (C=O) groups excluding carboxylic acids is 4. The molecule has 0 aliphatic heterocycles. The summed E-state index contributed by atoms with van der Waals surface area (Å²) in [7, 11) is -9.89. The van der Waals surface area contributed by atoms with Crippen molar-refractivity contribution in [3.05, 3.63) is 0 Å². The number of unbranched alkanes of at least 4 members (excludes halogenated alkanes) is 28. The molecule has 3 N–H and O–H groups in total. The van der Waals surface area contributed by atoms with E-state index < -0.39 is 97.5 Å². The lowest BCUT2D eigenvalue weighted by Crippen LogP contribution is -2.30. The van der Waals surface area contributed by atoms with E-state index in [1.807, 2.05) is 0 Å². The van der Waals surface area contributed by atoms with Crippen LogP contribution in [0.1, 0.15) is 312 Å². The zero-order valence-corrected chi connectivity index (χ0v) is 56.3. The van der Waals surface area contributed by atoms with Crippen LogP contribution >= 0.6 is 15.6 Å². The Hall–Kier alpha value is -1.94. The van der Waals surface area contributed by atoms with Crippen molar-refractivity contribution >= 4 is 39.5 Å². The molecule has 498 valence electrons. The fourth-order valence-electron chi connectivity index (χ4n) is 9.61. The maximum Gasteiger partial charge on any atom is 0.472 e. The van der Waals surface area contributed by atoms with Gasteiger partial charge < -0.3 is 33.8 Å². The van der Waals surface area contributed by atoms with E-state index in [9.17, 15) is 43.2 Å². The Morgan fingerprint density at radius 3 is 0.738 bits per heavy atom. The molecule has 0 amide bonds. The maximum absolute atomic E-state index is 13.0. The number of hydrogen-bond donors (Lipinski definition) is 3. The average molecular weight is 1240 g/mol. The summed E-state index contributed by atoms with van der Waals surface area (Å²) in [6.45, 7) is 13.9. The lowest BCUT2D eigenvalue weighted by molar-refractivity contribution is -0.161. The van der Waals surface area contributed by atoms with Gasteiger partial charge in [-0.15, -0.1) is 0 Å². The number of carbonyl (C=O) groups is 4. The molecule has 0 heterocycles. The minimum atomic E-state index is -4.95. The van der Waals surface area contributed by atoms with Gasteiger partial charge in [-0.25, -0.2) is 9.13 Å². The molecule has 0 aromatic heterocycles. The van der Waals surface area contributed by atoms with Crippen molar-refractivity contribution in [3.8, 4) is 0 Å². The van der Waals surface area contributed by atoms with Crippen LogP contribution in [0.5, 0.6) is 0 Å². The van der Waals surface area contributed by atoms with Crippen molar-refractivity contribution in [1.29, 1.82) is 0 Å². The van der Waals surface area contributed by atoms with Gasteiger partial charge in [-0.1, -0.05) is 261 Å². The first-order valence-electron chi connectivity index (χ1n) is 33.7. The van der Waals surface area contributed by atoms with Crippen LogP contribution in [0.25, 0.3) is 0 Å². The first kappa shape index (κ1) is 82.1. The third-order valence-electron chi connectivity index (χ3n) is 14.8. The molecule has 0 saturated carbocycles. The van der Waals surface area contributed by atoms with Crippen molar-refractivity contribution in [2.24, 2.45) is 23.7 Å². The fourth-order valence-corrected chi connectivity index (χ4v) is 11.2. The molecule has 19 heteroatoms. The van der Waals surface area contributed by atoms with E-state index in [1.54, 1.807) is 0 Å². The molecular formula is C65H126O17P2. The van der Waals surface area contributed by atoms with Crippen molar-refractivity contribution in [1.82, 2.24) is 0 Å². The molecule has 0 aromatic rings. The molecule has 84 heavy (non-hydrogen) atoms. The lowest BCUT2D eigenvalue weighted by Gasteiger charge is -2.21. The summed E-state index contributed by atoms with van der Waals surface area (Å²) in [6.07, 6.45) is 35.0.